The first-order chi connectivity index (χ1) is 13.2. The van der Waals surface area contributed by atoms with E-state index < -0.39 is 0 Å². The normalized spacial score (nSPS) is 15.9. The highest BCUT2D eigenvalue weighted by molar-refractivity contribution is 7.99. The Kier molecular flexibility index (Phi) is 7.44. The molecular formula is C21H25ClN2O2S. The number of urea groups is 1. The van der Waals surface area contributed by atoms with Crippen molar-refractivity contribution in [2.75, 3.05) is 32.1 Å². The lowest BCUT2D eigenvalue weighted by Crippen LogP contribution is -2.47. The number of benzene rings is 2. The number of carbonyl (C=O) groups is 1. The minimum Gasteiger partial charge on any atom is -0.381 e. The molecule has 0 aliphatic carbocycles. The van der Waals surface area contributed by atoms with Gasteiger partial charge in [0.1, 0.15) is 0 Å². The van der Waals surface area contributed by atoms with E-state index in [4.69, 9.17) is 16.3 Å². The van der Waals surface area contributed by atoms with Gasteiger partial charge in [0.05, 0.1) is 0 Å². The van der Waals surface area contributed by atoms with Crippen LogP contribution >= 0.6 is 23.4 Å². The first-order valence-electron chi connectivity index (χ1n) is 9.21. The Morgan fingerprint density at radius 1 is 1.04 bits per heavy atom. The molecule has 2 N–H and O–H groups in total. The third-order valence-electron chi connectivity index (χ3n) is 4.89. The molecule has 0 aromatic heterocycles. The molecule has 2 aromatic rings. The van der Waals surface area contributed by atoms with E-state index in [1.54, 1.807) is 11.8 Å². The van der Waals surface area contributed by atoms with Crippen LogP contribution in [0.25, 0.3) is 0 Å². The van der Waals surface area contributed by atoms with Gasteiger partial charge in [0.2, 0.25) is 0 Å². The average molecular weight is 405 g/mol. The molecule has 1 aliphatic rings. The third-order valence-corrected chi connectivity index (χ3v) is 6.16. The molecule has 0 atom stereocenters. The van der Waals surface area contributed by atoms with E-state index in [0.717, 1.165) is 41.7 Å². The Hall–Kier alpha value is -1.69. The number of rotatable bonds is 7. The van der Waals surface area contributed by atoms with Gasteiger partial charge in [-0.15, -0.1) is 11.8 Å². The maximum atomic E-state index is 12.2. The summed E-state index contributed by atoms with van der Waals surface area (Å²) in [4.78, 5) is 13.4. The number of ether oxygens (including phenoxy) is 1. The van der Waals surface area contributed by atoms with Crippen molar-refractivity contribution in [2.24, 2.45) is 0 Å². The van der Waals surface area contributed by atoms with Crippen LogP contribution in [-0.2, 0) is 10.2 Å². The van der Waals surface area contributed by atoms with Crippen molar-refractivity contribution >= 4 is 29.4 Å². The highest BCUT2D eigenvalue weighted by atomic mass is 35.5. The van der Waals surface area contributed by atoms with Gasteiger partial charge in [-0.3, -0.25) is 0 Å². The monoisotopic (exact) mass is 404 g/mol. The number of nitrogens with one attached hydrogen (secondary N) is 2. The van der Waals surface area contributed by atoms with Gasteiger partial charge in [0, 0.05) is 47.4 Å². The van der Waals surface area contributed by atoms with Crippen molar-refractivity contribution < 1.29 is 9.53 Å². The van der Waals surface area contributed by atoms with Gasteiger partial charge in [0.15, 0.2) is 0 Å². The summed E-state index contributed by atoms with van der Waals surface area (Å²) in [5, 5.41) is 6.74. The molecule has 1 heterocycles. The highest BCUT2D eigenvalue weighted by Gasteiger charge is 2.34. The molecule has 1 fully saturated rings. The van der Waals surface area contributed by atoms with E-state index in [0.29, 0.717) is 13.1 Å². The Labute approximate surface area is 170 Å². The molecule has 0 radical (unpaired) electrons. The van der Waals surface area contributed by atoms with Gasteiger partial charge in [-0.2, -0.15) is 0 Å². The molecule has 1 saturated heterocycles. The summed E-state index contributed by atoms with van der Waals surface area (Å²) in [6.07, 6.45) is 1.84. The van der Waals surface area contributed by atoms with Crippen LogP contribution in [0.4, 0.5) is 4.79 Å². The van der Waals surface area contributed by atoms with Crippen molar-refractivity contribution in [3.63, 3.8) is 0 Å². The number of hydrogen-bond donors (Lipinski definition) is 2. The number of halogens is 1. The fraction of sp³-hybridized carbons (Fsp3) is 0.381. The second-order valence-electron chi connectivity index (χ2n) is 6.67. The second-order valence-corrected chi connectivity index (χ2v) is 8.28. The van der Waals surface area contributed by atoms with Gasteiger partial charge >= 0.3 is 6.03 Å². The van der Waals surface area contributed by atoms with Crippen LogP contribution in [0.2, 0.25) is 5.02 Å². The zero-order chi connectivity index (χ0) is 19.0. The van der Waals surface area contributed by atoms with Gasteiger partial charge in [0.25, 0.3) is 0 Å². The third kappa shape index (κ3) is 5.89. The predicted octanol–water partition coefficient (Wildman–Crippen LogP) is 4.48. The summed E-state index contributed by atoms with van der Waals surface area (Å²) in [6.45, 7) is 2.70. The van der Waals surface area contributed by atoms with Crippen molar-refractivity contribution in [1.82, 2.24) is 10.6 Å². The van der Waals surface area contributed by atoms with E-state index in [-0.39, 0.29) is 11.4 Å². The number of amides is 2. The molecule has 2 amide bonds. The van der Waals surface area contributed by atoms with Crippen molar-refractivity contribution in [2.45, 2.75) is 23.2 Å². The minimum absolute atomic E-state index is 0.0467. The summed E-state index contributed by atoms with van der Waals surface area (Å²) in [5.41, 5.74) is 1.22. The molecule has 1 aliphatic heterocycles. The molecule has 0 bridgehead atoms. The van der Waals surface area contributed by atoms with E-state index >= 15 is 0 Å². The Morgan fingerprint density at radius 2 is 1.74 bits per heavy atom. The fourth-order valence-electron chi connectivity index (χ4n) is 3.30. The average Bonchev–Trinajstić information content (AvgIpc) is 2.72. The number of carbonyl (C=O) groups excluding carboxylic acids is 1. The fourth-order valence-corrected chi connectivity index (χ4v) is 4.19. The standard InChI is InChI=1S/C21H25ClN2O2S/c22-18-6-8-19(9-7-18)27-15-12-23-20(25)24-16-21(10-13-26-14-11-21)17-4-2-1-3-5-17/h1-9H,10-16H2,(H2,23,24,25). The maximum absolute atomic E-state index is 12.2. The Morgan fingerprint density at radius 3 is 2.44 bits per heavy atom. The van der Waals surface area contributed by atoms with Crippen molar-refractivity contribution in [1.29, 1.82) is 0 Å². The zero-order valence-electron chi connectivity index (χ0n) is 15.2. The largest absolute Gasteiger partial charge is 0.381 e. The maximum Gasteiger partial charge on any atom is 0.314 e. The molecular weight excluding hydrogens is 380 g/mol. The van der Waals surface area contributed by atoms with Crippen LogP contribution in [0.5, 0.6) is 0 Å². The topological polar surface area (TPSA) is 50.4 Å². The van der Waals surface area contributed by atoms with E-state index in [1.165, 1.54) is 5.56 Å². The van der Waals surface area contributed by atoms with E-state index in [1.807, 2.05) is 30.3 Å². The lowest BCUT2D eigenvalue weighted by Gasteiger charge is -2.38. The molecule has 0 saturated carbocycles. The van der Waals surface area contributed by atoms with Crippen LogP contribution in [0.15, 0.2) is 59.5 Å². The van der Waals surface area contributed by atoms with Gasteiger partial charge in [-0.25, -0.2) is 4.79 Å². The van der Waals surface area contributed by atoms with Crippen LogP contribution in [0, 0.1) is 0 Å². The second kappa shape index (κ2) is 10.0. The first kappa shape index (κ1) is 20.1. The lowest BCUT2D eigenvalue weighted by molar-refractivity contribution is 0.0507. The summed E-state index contributed by atoms with van der Waals surface area (Å²) < 4.78 is 5.54. The van der Waals surface area contributed by atoms with Crippen LogP contribution < -0.4 is 10.6 Å². The summed E-state index contributed by atoms with van der Waals surface area (Å²) in [5.74, 6) is 0.812. The summed E-state index contributed by atoms with van der Waals surface area (Å²) in [7, 11) is 0. The quantitative estimate of drug-likeness (QED) is 0.528. The predicted molar refractivity (Wildman–Crippen MR) is 112 cm³/mol. The van der Waals surface area contributed by atoms with Gasteiger partial charge < -0.3 is 15.4 Å². The molecule has 27 heavy (non-hydrogen) atoms. The zero-order valence-corrected chi connectivity index (χ0v) is 16.8. The molecule has 6 heteroatoms. The van der Waals surface area contributed by atoms with Crippen LogP contribution in [0.1, 0.15) is 18.4 Å². The summed E-state index contributed by atoms with van der Waals surface area (Å²) >= 11 is 7.58. The number of thioether (sulfide) groups is 1. The van der Waals surface area contributed by atoms with Crippen molar-refractivity contribution in [3.05, 3.63) is 65.2 Å². The highest BCUT2D eigenvalue weighted by Crippen LogP contribution is 2.34. The smallest absolute Gasteiger partial charge is 0.314 e. The number of hydrogen-bond acceptors (Lipinski definition) is 3. The SMILES string of the molecule is O=C(NCCSc1ccc(Cl)cc1)NCC1(c2ccccc2)CCOCC1. The molecule has 0 unspecified atom stereocenters. The van der Waals surface area contributed by atoms with E-state index in [9.17, 15) is 4.79 Å². The lowest BCUT2D eigenvalue weighted by atomic mass is 9.74. The molecule has 144 valence electrons. The van der Waals surface area contributed by atoms with Crippen LogP contribution in [0.3, 0.4) is 0 Å². The molecule has 3 rings (SSSR count). The molecule has 0 spiro atoms. The van der Waals surface area contributed by atoms with Crippen molar-refractivity contribution in [3.8, 4) is 0 Å². The minimum atomic E-state index is -0.117. The molecule has 4 nitrogen and oxygen atoms in total. The van der Waals surface area contributed by atoms with Gasteiger partial charge in [-0.1, -0.05) is 41.9 Å². The van der Waals surface area contributed by atoms with E-state index in [2.05, 4.69) is 34.9 Å². The first-order valence-corrected chi connectivity index (χ1v) is 10.6. The summed E-state index contributed by atoms with van der Waals surface area (Å²) in [6, 6.07) is 18.0. The Balaban J connectivity index is 1.44. The van der Waals surface area contributed by atoms with Crippen LogP contribution in [-0.4, -0.2) is 38.1 Å². The Bertz CT molecular complexity index is 719. The molecule has 2 aromatic carbocycles. The van der Waals surface area contributed by atoms with Gasteiger partial charge in [-0.05, 0) is 42.7 Å².